The van der Waals surface area contributed by atoms with Crippen LogP contribution in [0.15, 0.2) is 48.8 Å². The van der Waals surface area contributed by atoms with E-state index in [1.807, 2.05) is 24.3 Å². The van der Waals surface area contributed by atoms with Gasteiger partial charge in [0.1, 0.15) is 12.6 Å². The van der Waals surface area contributed by atoms with Gasteiger partial charge in [0.2, 0.25) is 5.91 Å². The Morgan fingerprint density at radius 1 is 1.16 bits per heavy atom. The monoisotopic (exact) mass is 425 g/mol. The van der Waals surface area contributed by atoms with E-state index in [0.717, 1.165) is 0 Å². The molecule has 0 radical (unpaired) electrons. The number of carboxylic acids is 1. The van der Waals surface area contributed by atoms with Crippen LogP contribution in [-0.2, 0) is 32.0 Å². The van der Waals surface area contributed by atoms with Crippen molar-refractivity contribution in [1.82, 2.24) is 10.3 Å². The molecule has 1 unspecified atom stereocenters. The highest BCUT2D eigenvalue weighted by molar-refractivity contribution is 6.00. The van der Waals surface area contributed by atoms with Gasteiger partial charge in [0, 0.05) is 18.1 Å². The minimum Gasteiger partial charge on any atom is -0.480 e. The molecule has 3 rings (SSSR count). The van der Waals surface area contributed by atoms with E-state index in [9.17, 15) is 19.5 Å². The van der Waals surface area contributed by atoms with Crippen LogP contribution in [0.25, 0.3) is 0 Å². The number of pyridine rings is 1. The number of hydrogen-bond donors (Lipinski definition) is 2. The largest absolute Gasteiger partial charge is 0.480 e. The van der Waals surface area contributed by atoms with Gasteiger partial charge in [-0.25, -0.2) is 0 Å². The van der Waals surface area contributed by atoms with E-state index in [4.69, 9.17) is 4.74 Å². The number of carbonyl (C=O) groups excluding carboxylic acids is 2. The van der Waals surface area contributed by atoms with E-state index in [1.54, 1.807) is 26.0 Å². The Bertz CT molecular complexity index is 909. The highest BCUT2D eigenvalue weighted by Gasteiger charge is 2.37. The standard InChI is InChI=1S/C23H27N3O5/c1-3-31-23(30)21(18-12-16-6-4-5-7-17(16)13-18)25-15(2)22(29)26(14-20(27)28)19-8-10-24-11-9-19/h4-11,15,18,21,25H,3,12-14H2,1-2H3,(H,27,28)/t15-,21?/m0/s1. The molecule has 1 heterocycles. The van der Waals surface area contributed by atoms with Crippen LogP contribution in [0.4, 0.5) is 5.69 Å². The Hall–Kier alpha value is -3.26. The Morgan fingerprint density at radius 2 is 1.77 bits per heavy atom. The minimum absolute atomic E-state index is 0.0550. The summed E-state index contributed by atoms with van der Waals surface area (Å²) in [5.41, 5.74) is 2.80. The number of esters is 1. The van der Waals surface area contributed by atoms with Gasteiger partial charge in [-0.15, -0.1) is 0 Å². The van der Waals surface area contributed by atoms with Crippen molar-refractivity contribution in [2.24, 2.45) is 5.92 Å². The first kappa shape index (κ1) is 22.4. The molecule has 2 atom stereocenters. The summed E-state index contributed by atoms with van der Waals surface area (Å²) in [6.07, 6.45) is 4.40. The van der Waals surface area contributed by atoms with Gasteiger partial charge in [-0.1, -0.05) is 24.3 Å². The summed E-state index contributed by atoms with van der Waals surface area (Å²) < 4.78 is 5.28. The lowest BCUT2D eigenvalue weighted by Crippen LogP contribution is -2.54. The van der Waals surface area contributed by atoms with Crippen molar-refractivity contribution in [3.8, 4) is 0 Å². The first-order valence-electron chi connectivity index (χ1n) is 10.3. The summed E-state index contributed by atoms with van der Waals surface area (Å²) in [6, 6.07) is 9.70. The molecule has 2 N–H and O–H groups in total. The van der Waals surface area contributed by atoms with Gasteiger partial charge in [0.25, 0.3) is 0 Å². The van der Waals surface area contributed by atoms with Crippen LogP contribution < -0.4 is 10.2 Å². The summed E-state index contributed by atoms with van der Waals surface area (Å²) in [5.74, 6) is -2.04. The number of benzene rings is 1. The lowest BCUT2D eigenvalue weighted by Gasteiger charge is -2.29. The van der Waals surface area contributed by atoms with Crippen LogP contribution in [0.1, 0.15) is 25.0 Å². The third-order valence-corrected chi connectivity index (χ3v) is 5.43. The van der Waals surface area contributed by atoms with Crippen LogP contribution in [0.2, 0.25) is 0 Å². The zero-order valence-corrected chi connectivity index (χ0v) is 17.7. The fourth-order valence-electron chi connectivity index (χ4n) is 3.99. The Morgan fingerprint density at radius 3 is 2.32 bits per heavy atom. The van der Waals surface area contributed by atoms with Crippen molar-refractivity contribution in [2.45, 2.75) is 38.8 Å². The number of rotatable bonds is 9. The van der Waals surface area contributed by atoms with Crippen LogP contribution >= 0.6 is 0 Å². The molecular weight excluding hydrogens is 398 g/mol. The summed E-state index contributed by atoms with van der Waals surface area (Å²) in [6.45, 7) is 3.12. The number of aliphatic carboxylic acids is 1. The number of hydrogen-bond acceptors (Lipinski definition) is 6. The fourth-order valence-corrected chi connectivity index (χ4v) is 3.99. The molecule has 0 saturated carbocycles. The number of ether oxygens (including phenoxy) is 1. The van der Waals surface area contributed by atoms with E-state index < -0.39 is 36.5 Å². The van der Waals surface area contributed by atoms with Gasteiger partial charge in [-0.3, -0.25) is 29.6 Å². The van der Waals surface area contributed by atoms with Gasteiger partial charge < -0.3 is 9.84 Å². The lowest BCUT2D eigenvalue weighted by molar-refractivity contribution is -0.147. The van der Waals surface area contributed by atoms with Gasteiger partial charge >= 0.3 is 11.9 Å². The second kappa shape index (κ2) is 10.2. The highest BCUT2D eigenvalue weighted by atomic mass is 16.5. The maximum Gasteiger partial charge on any atom is 0.323 e. The van der Waals surface area contributed by atoms with Crippen LogP contribution in [0.5, 0.6) is 0 Å². The van der Waals surface area contributed by atoms with Crippen molar-refractivity contribution < 1.29 is 24.2 Å². The van der Waals surface area contributed by atoms with Gasteiger partial charge in [0.05, 0.1) is 12.6 Å². The average molecular weight is 425 g/mol. The number of carboxylic acid groups (broad SMARTS) is 1. The molecule has 1 aliphatic carbocycles. The van der Waals surface area contributed by atoms with Gasteiger partial charge in [0.15, 0.2) is 0 Å². The van der Waals surface area contributed by atoms with E-state index in [0.29, 0.717) is 18.5 Å². The lowest BCUT2D eigenvalue weighted by atomic mass is 9.95. The van der Waals surface area contributed by atoms with Crippen molar-refractivity contribution in [2.75, 3.05) is 18.1 Å². The molecule has 0 spiro atoms. The van der Waals surface area contributed by atoms with Crippen molar-refractivity contribution in [3.05, 3.63) is 59.9 Å². The summed E-state index contributed by atoms with van der Waals surface area (Å²) in [7, 11) is 0. The zero-order valence-electron chi connectivity index (χ0n) is 17.7. The van der Waals surface area contributed by atoms with E-state index in [1.165, 1.54) is 28.4 Å². The van der Waals surface area contributed by atoms with E-state index >= 15 is 0 Å². The molecule has 0 saturated heterocycles. The summed E-state index contributed by atoms with van der Waals surface area (Å²) in [5, 5.41) is 12.4. The SMILES string of the molecule is CCOC(=O)C(N[C@@H](C)C(=O)N(CC(=O)O)c1ccncc1)C1Cc2ccccc2C1. The van der Waals surface area contributed by atoms with Crippen LogP contribution in [0, 0.1) is 5.92 Å². The Kier molecular flexibility index (Phi) is 7.36. The first-order valence-corrected chi connectivity index (χ1v) is 10.3. The topological polar surface area (TPSA) is 109 Å². The molecule has 31 heavy (non-hydrogen) atoms. The third-order valence-electron chi connectivity index (χ3n) is 5.43. The van der Waals surface area contributed by atoms with Crippen molar-refractivity contribution >= 4 is 23.5 Å². The minimum atomic E-state index is -1.13. The fraction of sp³-hybridized carbons (Fsp3) is 0.391. The third kappa shape index (κ3) is 5.46. The normalized spacial score (nSPS) is 15.0. The molecule has 0 bridgehead atoms. The first-order chi connectivity index (χ1) is 14.9. The molecule has 8 nitrogen and oxygen atoms in total. The van der Waals surface area contributed by atoms with Crippen molar-refractivity contribution in [3.63, 3.8) is 0 Å². The number of aromatic nitrogens is 1. The quantitative estimate of drug-likeness (QED) is 0.590. The number of fused-ring (bicyclic) bond motifs is 1. The maximum absolute atomic E-state index is 13.2. The number of carbonyl (C=O) groups is 3. The zero-order chi connectivity index (χ0) is 22.4. The van der Waals surface area contributed by atoms with Crippen LogP contribution in [-0.4, -0.2) is 53.2 Å². The Labute approximate surface area is 181 Å². The number of anilines is 1. The molecule has 1 aromatic heterocycles. The van der Waals surface area contributed by atoms with Crippen molar-refractivity contribution in [1.29, 1.82) is 0 Å². The van der Waals surface area contributed by atoms with Gasteiger partial charge in [-0.2, -0.15) is 0 Å². The number of amides is 1. The summed E-state index contributed by atoms with van der Waals surface area (Å²) in [4.78, 5) is 42.3. The predicted octanol–water partition coefficient (Wildman–Crippen LogP) is 1.82. The Balaban J connectivity index is 1.79. The predicted molar refractivity (Wildman–Crippen MR) is 115 cm³/mol. The molecular formula is C23H27N3O5. The second-order valence-corrected chi connectivity index (χ2v) is 7.58. The second-order valence-electron chi connectivity index (χ2n) is 7.58. The average Bonchev–Trinajstić information content (AvgIpc) is 3.19. The summed E-state index contributed by atoms with van der Waals surface area (Å²) >= 11 is 0. The molecule has 164 valence electrons. The highest BCUT2D eigenvalue weighted by Crippen LogP contribution is 2.29. The number of nitrogens with zero attached hydrogens (tertiary/aromatic N) is 2. The van der Waals surface area contributed by atoms with E-state index in [2.05, 4.69) is 10.3 Å². The molecule has 1 aromatic carbocycles. The maximum atomic E-state index is 13.2. The van der Waals surface area contributed by atoms with E-state index in [-0.39, 0.29) is 12.5 Å². The smallest absolute Gasteiger partial charge is 0.323 e. The molecule has 8 heteroatoms. The molecule has 0 aliphatic heterocycles. The van der Waals surface area contributed by atoms with Gasteiger partial charge in [-0.05, 0) is 55.9 Å². The number of nitrogens with one attached hydrogen (secondary N) is 1. The molecule has 2 aromatic rings. The molecule has 1 amide bonds. The molecule has 1 aliphatic rings. The molecule has 0 fully saturated rings. The van der Waals surface area contributed by atoms with Crippen LogP contribution in [0.3, 0.4) is 0 Å².